The van der Waals surface area contributed by atoms with Crippen molar-refractivity contribution in [3.63, 3.8) is 0 Å². The second-order valence-corrected chi connectivity index (χ2v) is 5.47. The van der Waals surface area contributed by atoms with Gasteiger partial charge in [-0.15, -0.1) is 0 Å². The summed E-state index contributed by atoms with van der Waals surface area (Å²) in [5, 5.41) is 3.27. The van der Waals surface area contributed by atoms with Crippen LogP contribution in [0.4, 0.5) is 0 Å². The van der Waals surface area contributed by atoms with Crippen LogP contribution >= 0.6 is 0 Å². The molecule has 0 atom stereocenters. The van der Waals surface area contributed by atoms with Gasteiger partial charge in [0.1, 0.15) is 5.75 Å². The highest BCUT2D eigenvalue weighted by Crippen LogP contribution is 2.20. The topological polar surface area (TPSA) is 41.6 Å². The van der Waals surface area contributed by atoms with Crippen LogP contribution in [-0.4, -0.2) is 44.1 Å². The number of hydrogen-bond acceptors (Lipinski definition) is 3. The van der Waals surface area contributed by atoms with E-state index >= 15 is 0 Å². The van der Waals surface area contributed by atoms with Gasteiger partial charge < -0.3 is 15.0 Å². The molecule has 1 amide bonds. The van der Waals surface area contributed by atoms with E-state index in [9.17, 15) is 4.79 Å². The second-order valence-electron chi connectivity index (χ2n) is 5.47. The van der Waals surface area contributed by atoms with E-state index in [4.69, 9.17) is 4.74 Å². The number of carbonyl (C=O) groups is 1. The molecular formula is C17H26N2O2. The normalized spacial score (nSPS) is 15.0. The standard InChI is InChI=1S/C17H26N2O2/c1-3-14-13-16(21-2)8-7-15(14)5-4-6-17(20)19-11-9-18-10-12-19/h7-8,13,18H,3-6,9-12H2,1-2H3. The van der Waals surface area contributed by atoms with Crippen molar-refractivity contribution in [1.29, 1.82) is 0 Å². The minimum atomic E-state index is 0.295. The summed E-state index contributed by atoms with van der Waals surface area (Å²) < 4.78 is 5.27. The first-order chi connectivity index (χ1) is 10.2. The first-order valence-corrected chi connectivity index (χ1v) is 7.89. The van der Waals surface area contributed by atoms with Crippen molar-refractivity contribution in [2.75, 3.05) is 33.3 Å². The van der Waals surface area contributed by atoms with Gasteiger partial charge in [0.15, 0.2) is 0 Å². The van der Waals surface area contributed by atoms with E-state index in [0.717, 1.165) is 51.2 Å². The summed E-state index contributed by atoms with van der Waals surface area (Å²) in [7, 11) is 1.70. The minimum Gasteiger partial charge on any atom is -0.497 e. The van der Waals surface area contributed by atoms with Gasteiger partial charge in [-0.25, -0.2) is 0 Å². The quantitative estimate of drug-likeness (QED) is 0.871. The van der Waals surface area contributed by atoms with Gasteiger partial charge in [0.2, 0.25) is 5.91 Å². The van der Waals surface area contributed by atoms with E-state index in [1.807, 2.05) is 11.0 Å². The zero-order valence-electron chi connectivity index (χ0n) is 13.2. The number of carbonyl (C=O) groups excluding carboxylic acids is 1. The minimum absolute atomic E-state index is 0.295. The molecule has 116 valence electrons. The number of amides is 1. The number of piperazine rings is 1. The number of nitrogens with zero attached hydrogens (tertiary/aromatic N) is 1. The average Bonchev–Trinajstić information content (AvgIpc) is 2.55. The molecule has 0 aromatic heterocycles. The van der Waals surface area contributed by atoms with Crippen LogP contribution in [0.1, 0.15) is 30.9 Å². The number of hydrogen-bond donors (Lipinski definition) is 1. The Morgan fingerprint density at radius 3 is 2.71 bits per heavy atom. The van der Waals surface area contributed by atoms with Crippen LogP contribution < -0.4 is 10.1 Å². The van der Waals surface area contributed by atoms with E-state index in [2.05, 4.69) is 24.4 Å². The summed E-state index contributed by atoms with van der Waals surface area (Å²) >= 11 is 0. The van der Waals surface area contributed by atoms with Gasteiger partial charge >= 0.3 is 0 Å². The molecule has 0 spiro atoms. The molecule has 1 N–H and O–H groups in total. The van der Waals surface area contributed by atoms with Crippen molar-refractivity contribution in [3.8, 4) is 5.75 Å². The molecule has 1 fully saturated rings. The maximum Gasteiger partial charge on any atom is 0.222 e. The summed E-state index contributed by atoms with van der Waals surface area (Å²) in [6.45, 7) is 5.70. The monoisotopic (exact) mass is 290 g/mol. The molecule has 1 aliphatic heterocycles. The number of ether oxygens (including phenoxy) is 1. The number of benzene rings is 1. The van der Waals surface area contributed by atoms with Gasteiger partial charge in [0.25, 0.3) is 0 Å². The fourth-order valence-electron chi connectivity index (χ4n) is 2.80. The van der Waals surface area contributed by atoms with Crippen LogP contribution in [0.2, 0.25) is 0 Å². The van der Waals surface area contributed by atoms with E-state index in [0.29, 0.717) is 12.3 Å². The van der Waals surface area contributed by atoms with Crippen molar-refractivity contribution in [2.24, 2.45) is 0 Å². The average molecular weight is 290 g/mol. The van der Waals surface area contributed by atoms with E-state index in [1.54, 1.807) is 7.11 Å². The van der Waals surface area contributed by atoms with Crippen molar-refractivity contribution in [3.05, 3.63) is 29.3 Å². The Morgan fingerprint density at radius 2 is 2.05 bits per heavy atom. The first-order valence-electron chi connectivity index (χ1n) is 7.89. The van der Waals surface area contributed by atoms with E-state index in [1.165, 1.54) is 11.1 Å². The SMILES string of the molecule is CCc1cc(OC)ccc1CCCC(=O)N1CCNCC1. The Bertz CT molecular complexity index is 468. The van der Waals surface area contributed by atoms with Crippen LogP contribution in [0.3, 0.4) is 0 Å². The molecular weight excluding hydrogens is 264 g/mol. The van der Waals surface area contributed by atoms with Crippen molar-refractivity contribution in [1.82, 2.24) is 10.2 Å². The van der Waals surface area contributed by atoms with Crippen LogP contribution in [0.5, 0.6) is 5.75 Å². The van der Waals surface area contributed by atoms with Gasteiger partial charge in [-0.1, -0.05) is 13.0 Å². The van der Waals surface area contributed by atoms with Crippen molar-refractivity contribution in [2.45, 2.75) is 32.6 Å². The molecule has 0 bridgehead atoms. The molecule has 1 aromatic carbocycles. The number of aryl methyl sites for hydroxylation is 2. The Balaban J connectivity index is 1.83. The Labute approximate surface area is 127 Å². The fraction of sp³-hybridized carbons (Fsp3) is 0.588. The molecule has 0 saturated carbocycles. The predicted octanol–water partition coefficient (Wildman–Crippen LogP) is 2.01. The van der Waals surface area contributed by atoms with Gasteiger partial charge in [-0.2, -0.15) is 0 Å². The van der Waals surface area contributed by atoms with Gasteiger partial charge in [0, 0.05) is 32.6 Å². The Kier molecular flexibility index (Phi) is 6.05. The lowest BCUT2D eigenvalue weighted by molar-refractivity contribution is -0.131. The van der Waals surface area contributed by atoms with Gasteiger partial charge in [0.05, 0.1) is 7.11 Å². The molecule has 0 unspecified atom stereocenters. The molecule has 1 saturated heterocycles. The molecule has 0 radical (unpaired) electrons. The molecule has 4 heteroatoms. The third kappa shape index (κ3) is 4.46. The summed E-state index contributed by atoms with van der Waals surface area (Å²) in [6.07, 6.45) is 3.53. The number of nitrogens with one attached hydrogen (secondary N) is 1. The smallest absolute Gasteiger partial charge is 0.222 e. The summed E-state index contributed by atoms with van der Waals surface area (Å²) in [5.41, 5.74) is 2.66. The van der Waals surface area contributed by atoms with Crippen LogP contribution in [-0.2, 0) is 17.6 Å². The highest BCUT2D eigenvalue weighted by Gasteiger charge is 2.15. The second kappa shape index (κ2) is 8.03. The third-order valence-corrected chi connectivity index (χ3v) is 4.10. The number of methoxy groups -OCH3 is 1. The molecule has 21 heavy (non-hydrogen) atoms. The van der Waals surface area contributed by atoms with Crippen LogP contribution in [0.15, 0.2) is 18.2 Å². The molecule has 2 rings (SSSR count). The lowest BCUT2D eigenvalue weighted by atomic mass is 9.99. The third-order valence-electron chi connectivity index (χ3n) is 4.10. The highest BCUT2D eigenvalue weighted by atomic mass is 16.5. The van der Waals surface area contributed by atoms with Crippen LogP contribution in [0, 0.1) is 0 Å². The van der Waals surface area contributed by atoms with Crippen LogP contribution in [0.25, 0.3) is 0 Å². The Morgan fingerprint density at radius 1 is 1.29 bits per heavy atom. The van der Waals surface area contributed by atoms with E-state index in [-0.39, 0.29) is 0 Å². The van der Waals surface area contributed by atoms with Gasteiger partial charge in [-0.05, 0) is 42.5 Å². The largest absolute Gasteiger partial charge is 0.497 e. The molecule has 4 nitrogen and oxygen atoms in total. The summed E-state index contributed by atoms with van der Waals surface area (Å²) in [4.78, 5) is 14.1. The van der Waals surface area contributed by atoms with Crippen molar-refractivity contribution < 1.29 is 9.53 Å². The first kappa shape index (κ1) is 15.8. The van der Waals surface area contributed by atoms with Crippen molar-refractivity contribution >= 4 is 5.91 Å². The molecule has 1 aromatic rings. The summed E-state index contributed by atoms with van der Waals surface area (Å²) in [6, 6.07) is 6.24. The highest BCUT2D eigenvalue weighted by molar-refractivity contribution is 5.76. The molecule has 0 aliphatic carbocycles. The lowest BCUT2D eigenvalue weighted by Crippen LogP contribution is -2.46. The maximum absolute atomic E-state index is 12.1. The zero-order chi connectivity index (χ0) is 15.1. The lowest BCUT2D eigenvalue weighted by Gasteiger charge is -2.27. The summed E-state index contributed by atoms with van der Waals surface area (Å²) in [5.74, 6) is 1.20. The number of rotatable bonds is 6. The predicted molar refractivity (Wildman–Crippen MR) is 84.8 cm³/mol. The molecule has 1 heterocycles. The fourth-order valence-corrected chi connectivity index (χ4v) is 2.80. The Hall–Kier alpha value is -1.55. The van der Waals surface area contributed by atoms with Gasteiger partial charge in [-0.3, -0.25) is 4.79 Å². The molecule has 1 aliphatic rings. The maximum atomic E-state index is 12.1. The zero-order valence-corrected chi connectivity index (χ0v) is 13.2. The van der Waals surface area contributed by atoms with E-state index < -0.39 is 0 Å².